The van der Waals surface area contributed by atoms with Crippen molar-refractivity contribution in [3.63, 3.8) is 0 Å². The largest absolute Gasteiger partial charge is 0.445 e. The topological polar surface area (TPSA) is 89.5 Å². The average Bonchev–Trinajstić information content (AvgIpc) is 2.58. The Morgan fingerprint density at radius 1 is 1.00 bits per heavy atom. The van der Waals surface area contributed by atoms with E-state index in [0.29, 0.717) is 5.56 Å². The van der Waals surface area contributed by atoms with Crippen LogP contribution in [-0.2, 0) is 21.2 Å². The number of hydrogen-bond donors (Lipinski definition) is 1. The molecule has 0 fully saturated rings. The van der Waals surface area contributed by atoms with Crippen LogP contribution in [-0.4, -0.2) is 33.1 Å². The fourth-order valence-corrected chi connectivity index (χ4v) is 2.55. The first-order valence-corrected chi connectivity index (χ1v) is 9.03. The lowest BCUT2D eigenvalue weighted by Crippen LogP contribution is -2.30. The summed E-state index contributed by atoms with van der Waals surface area (Å²) in [4.78, 5) is 23.7. The van der Waals surface area contributed by atoms with Gasteiger partial charge in [0.25, 0.3) is 0 Å². The quantitative estimate of drug-likeness (QED) is 0.809. The summed E-state index contributed by atoms with van der Waals surface area (Å²) < 4.78 is 27.7. The maximum Gasteiger partial charge on any atom is 0.407 e. The third-order valence-corrected chi connectivity index (χ3v) is 4.34. The number of hydrogen-bond acceptors (Lipinski definition) is 5. The van der Waals surface area contributed by atoms with E-state index in [2.05, 4.69) is 5.32 Å². The molecule has 0 aliphatic carbocycles. The summed E-state index contributed by atoms with van der Waals surface area (Å²) in [6.07, 6.45) is 0.397. The number of amides is 1. The number of alkyl carbamates (subject to hydrolysis) is 1. The SMILES string of the molecule is CS(=O)(=O)c1ccc(C(=O)CNC(=O)OCc2ccccc2)cc1. The number of Topliss-reactive ketones (excluding diaryl/α,β-unsaturated/α-hetero) is 1. The van der Waals surface area contributed by atoms with Gasteiger partial charge in [0, 0.05) is 11.8 Å². The summed E-state index contributed by atoms with van der Waals surface area (Å²) in [5.74, 6) is -0.341. The number of ether oxygens (including phenoxy) is 1. The Morgan fingerprint density at radius 2 is 1.62 bits per heavy atom. The maximum absolute atomic E-state index is 12.0. The molecule has 1 amide bonds. The van der Waals surface area contributed by atoms with E-state index in [4.69, 9.17) is 4.74 Å². The molecule has 0 aliphatic heterocycles. The van der Waals surface area contributed by atoms with Crippen LogP contribution in [0.5, 0.6) is 0 Å². The van der Waals surface area contributed by atoms with Crippen LogP contribution in [0.2, 0.25) is 0 Å². The standard InChI is InChI=1S/C17H17NO5S/c1-24(21,22)15-9-7-14(8-10-15)16(19)11-18-17(20)23-12-13-5-3-2-4-6-13/h2-10H,11-12H2,1H3,(H,18,20). The fraction of sp³-hybridized carbons (Fsp3) is 0.176. The molecule has 24 heavy (non-hydrogen) atoms. The van der Waals surface area contributed by atoms with E-state index in [9.17, 15) is 18.0 Å². The number of ketones is 1. The molecule has 0 atom stereocenters. The predicted molar refractivity (Wildman–Crippen MR) is 88.5 cm³/mol. The van der Waals surface area contributed by atoms with Gasteiger partial charge < -0.3 is 10.1 Å². The van der Waals surface area contributed by atoms with Gasteiger partial charge in [-0.05, 0) is 17.7 Å². The minimum absolute atomic E-state index is 0.115. The van der Waals surface area contributed by atoms with Crippen LogP contribution in [0, 0.1) is 0 Å². The highest BCUT2D eigenvalue weighted by atomic mass is 32.2. The van der Waals surface area contributed by atoms with Crippen molar-refractivity contribution in [2.45, 2.75) is 11.5 Å². The monoisotopic (exact) mass is 347 g/mol. The first-order chi connectivity index (χ1) is 11.4. The molecule has 0 bridgehead atoms. The summed E-state index contributed by atoms with van der Waals surface area (Å²) in [5.41, 5.74) is 1.15. The molecule has 7 heteroatoms. The molecule has 0 unspecified atom stereocenters. The lowest BCUT2D eigenvalue weighted by molar-refractivity contribution is 0.0974. The predicted octanol–water partition coefficient (Wildman–Crippen LogP) is 2.20. The van der Waals surface area contributed by atoms with Gasteiger partial charge >= 0.3 is 6.09 Å². The molecular formula is C17H17NO5S. The van der Waals surface area contributed by atoms with Gasteiger partial charge in [-0.25, -0.2) is 13.2 Å². The van der Waals surface area contributed by atoms with Crippen molar-refractivity contribution >= 4 is 21.7 Å². The van der Waals surface area contributed by atoms with E-state index in [1.165, 1.54) is 24.3 Å². The zero-order valence-corrected chi connectivity index (χ0v) is 13.9. The summed E-state index contributed by atoms with van der Waals surface area (Å²) >= 11 is 0. The number of carbonyl (C=O) groups is 2. The second-order valence-electron chi connectivity index (χ2n) is 5.14. The van der Waals surface area contributed by atoms with E-state index in [-0.39, 0.29) is 23.8 Å². The van der Waals surface area contributed by atoms with Gasteiger partial charge in [0.1, 0.15) is 6.61 Å². The van der Waals surface area contributed by atoms with Gasteiger partial charge in [-0.3, -0.25) is 4.79 Å². The highest BCUT2D eigenvalue weighted by Gasteiger charge is 2.11. The van der Waals surface area contributed by atoms with Crippen LogP contribution in [0.25, 0.3) is 0 Å². The van der Waals surface area contributed by atoms with Crippen molar-refractivity contribution in [3.05, 3.63) is 65.7 Å². The highest BCUT2D eigenvalue weighted by molar-refractivity contribution is 7.90. The normalized spacial score (nSPS) is 10.9. The molecule has 0 radical (unpaired) electrons. The van der Waals surface area contributed by atoms with Gasteiger partial charge in [0.05, 0.1) is 11.4 Å². The van der Waals surface area contributed by atoms with E-state index < -0.39 is 15.9 Å². The third kappa shape index (κ3) is 5.20. The molecule has 0 saturated carbocycles. The molecule has 1 N–H and O–H groups in total. The summed E-state index contributed by atoms with van der Waals surface area (Å²) in [6, 6.07) is 14.7. The Morgan fingerprint density at radius 3 is 2.21 bits per heavy atom. The number of carbonyl (C=O) groups excluding carboxylic acids is 2. The second kappa shape index (κ2) is 7.74. The molecule has 2 rings (SSSR count). The number of benzene rings is 2. The van der Waals surface area contributed by atoms with E-state index in [1.807, 2.05) is 30.3 Å². The summed E-state index contributed by atoms with van der Waals surface area (Å²) in [7, 11) is -3.31. The van der Waals surface area contributed by atoms with Gasteiger partial charge in [-0.15, -0.1) is 0 Å². The molecule has 126 valence electrons. The Labute approximate surface area is 140 Å². The van der Waals surface area contributed by atoms with E-state index in [1.54, 1.807) is 0 Å². The third-order valence-electron chi connectivity index (χ3n) is 3.21. The van der Waals surface area contributed by atoms with Gasteiger partial charge in [0.2, 0.25) is 0 Å². The number of nitrogens with one attached hydrogen (secondary N) is 1. The lowest BCUT2D eigenvalue weighted by Gasteiger charge is -2.07. The average molecular weight is 347 g/mol. The van der Waals surface area contributed by atoms with Crippen LogP contribution in [0.15, 0.2) is 59.5 Å². The Hall–Kier alpha value is -2.67. The molecule has 0 heterocycles. The smallest absolute Gasteiger partial charge is 0.407 e. The molecule has 0 aliphatic rings. The number of rotatable bonds is 6. The van der Waals surface area contributed by atoms with Crippen molar-refractivity contribution in [1.29, 1.82) is 0 Å². The van der Waals surface area contributed by atoms with Gasteiger partial charge in [-0.2, -0.15) is 0 Å². The van der Waals surface area contributed by atoms with Crippen LogP contribution in [0.4, 0.5) is 4.79 Å². The van der Waals surface area contributed by atoms with E-state index in [0.717, 1.165) is 11.8 Å². The Bertz CT molecular complexity index is 814. The van der Waals surface area contributed by atoms with Gasteiger partial charge in [-0.1, -0.05) is 42.5 Å². The van der Waals surface area contributed by atoms with Crippen molar-refractivity contribution in [1.82, 2.24) is 5.32 Å². The van der Waals surface area contributed by atoms with Crippen molar-refractivity contribution in [2.75, 3.05) is 12.8 Å². The maximum atomic E-state index is 12.0. The minimum atomic E-state index is -3.31. The lowest BCUT2D eigenvalue weighted by atomic mass is 10.1. The number of sulfone groups is 1. The fourth-order valence-electron chi connectivity index (χ4n) is 1.92. The first-order valence-electron chi connectivity index (χ1n) is 7.14. The van der Waals surface area contributed by atoms with Crippen molar-refractivity contribution in [2.24, 2.45) is 0 Å². The summed E-state index contributed by atoms with van der Waals surface area (Å²) in [6.45, 7) is -0.115. The molecule has 6 nitrogen and oxygen atoms in total. The van der Waals surface area contributed by atoms with Gasteiger partial charge in [0.15, 0.2) is 15.6 Å². The molecule has 0 aromatic heterocycles. The molecule has 2 aromatic rings. The Kier molecular flexibility index (Phi) is 5.70. The first kappa shape index (κ1) is 17.7. The second-order valence-corrected chi connectivity index (χ2v) is 7.15. The van der Waals surface area contributed by atoms with Crippen molar-refractivity contribution < 1.29 is 22.7 Å². The molecule has 2 aromatic carbocycles. The molecular weight excluding hydrogens is 330 g/mol. The molecule has 0 spiro atoms. The van der Waals surface area contributed by atoms with Crippen LogP contribution >= 0.6 is 0 Å². The van der Waals surface area contributed by atoms with Crippen molar-refractivity contribution in [3.8, 4) is 0 Å². The highest BCUT2D eigenvalue weighted by Crippen LogP contribution is 2.10. The van der Waals surface area contributed by atoms with Crippen LogP contribution in [0.1, 0.15) is 15.9 Å². The molecule has 0 saturated heterocycles. The zero-order chi connectivity index (χ0) is 17.6. The minimum Gasteiger partial charge on any atom is -0.445 e. The summed E-state index contributed by atoms with van der Waals surface area (Å²) in [5, 5.41) is 2.37. The van der Waals surface area contributed by atoms with Crippen LogP contribution < -0.4 is 5.32 Å². The Balaban J connectivity index is 1.83. The zero-order valence-electron chi connectivity index (χ0n) is 13.1. The van der Waals surface area contributed by atoms with E-state index >= 15 is 0 Å². The van der Waals surface area contributed by atoms with Crippen LogP contribution in [0.3, 0.4) is 0 Å².